The van der Waals surface area contributed by atoms with E-state index in [1.165, 1.54) is 45.8 Å². The Bertz CT molecular complexity index is 2160. The Morgan fingerprint density at radius 3 is 2.60 bits per heavy atom. The molecular weight excluding hydrogens is 560 g/mol. The molecule has 0 spiro atoms. The van der Waals surface area contributed by atoms with E-state index in [1.807, 2.05) is 17.0 Å². The summed E-state index contributed by atoms with van der Waals surface area (Å²) in [7, 11) is 5.82. The van der Waals surface area contributed by atoms with Crippen LogP contribution in [0.5, 0.6) is 5.75 Å². The van der Waals surface area contributed by atoms with Gasteiger partial charge < -0.3 is 29.1 Å². The number of para-hydroxylation sites is 1. The van der Waals surface area contributed by atoms with Crippen LogP contribution < -0.4 is 10.5 Å². The minimum Gasteiger partial charge on any atom is -0.494 e. The lowest BCUT2D eigenvalue weighted by molar-refractivity contribution is 0.0700. The van der Waals surface area contributed by atoms with Crippen LogP contribution in [-0.4, -0.2) is 55.2 Å². The van der Waals surface area contributed by atoms with Gasteiger partial charge in [-0.2, -0.15) is 0 Å². The molecule has 0 radical (unpaired) electrons. The zero-order chi connectivity index (χ0) is 30.6. The molecule has 4 heterocycles. The number of methoxy groups -OCH3 is 1. The lowest BCUT2D eigenvalue weighted by Gasteiger charge is -2.27. The first-order chi connectivity index (χ1) is 21.9. The Labute approximate surface area is 262 Å². The Hall–Kier alpha value is -4.56. The lowest BCUT2D eigenvalue weighted by atomic mass is 10.0. The summed E-state index contributed by atoms with van der Waals surface area (Å²) in [4.78, 5) is 21.0. The molecule has 2 saturated carbocycles. The van der Waals surface area contributed by atoms with E-state index in [4.69, 9.17) is 15.5 Å². The van der Waals surface area contributed by atoms with Gasteiger partial charge in [0.1, 0.15) is 11.3 Å². The molecule has 1 saturated heterocycles. The summed E-state index contributed by atoms with van der Waals surface area (Å²) in [5, 5.41) is 2.44. The number of aromatic nitrogens is 4. The molecule has 6 aromatic rings. The molecular formula is C37H38N6O2. The summed E-state index contributed by atoms with van der Waals surface area (Å²) in [6.07, 6.45) is 6.71. The Balaban J connectivity index is 1.20. The summed E-state index contributed by atoms with van der Waals surface area (Å²) < 4.78 is 12.7. The van der Waals surface area contributed by atoms with Crippen molar-refractivity contribution in [1.29, 1.82) is 0 Å². The van der Waals surface area contributed by atoms with Gasteiger partial charge in [-0.1, -0.05) is 30.3 Å². The van der Waals surface area contributed by atoms with Crippen LogP contribution in [0.2, 0.25) is 0 Å². The maximum Gasteiger partial charge on any atom is 0.254 e. The van der Waals surface area contributed by atoms with Crippen molar-refractivity contribution in [3.63, 3.8) is 0 Å². The number of nitrogens with two attached hydrogens (primary N) is 1. The number of fused-ring (bicyclic) bond motifs is 5. The number of hydrogen-bond donors (Lipinski definition) is 1. The minimum absolute atomic E-state index is 0.0210. The molecule has 2 bridgehead atoms. The summed E-state index contributed by atoms with van der Waals surface area (Å²) in [5.41, 5.74) is 14.7. The van der Waals surface area contributed by atoms with Crippen LogP contribution in [0.3, 0.4) is 0 Å². The fourth-order valence-corrected chi connectivity index (χ4v) is 8.19. The maximum atomic E-state index is 13.8. The first-order valence-electron chi connectivity index (χ1n) is 16.2. The summed E-state index contributed by atoms with van der Waals surface area (Å²) in [5.74, 6) is 2.62. The zero-order valence-electron chi connectivity index (χ0n) is 26.0. The molecule has 3 aliphatic rings. The fraction of sp³-hybridized carbons (Fsp3) is 0.351. The highest BCUT2D eigenvalue weighted by Gasteiger charge is 2.47. The van der Waals surface area contributed by atoms with E-state index in [-0.39, 0.29) is 18.0 Å². The van der Waals surface area contributed by atoms with Gasteiger partial charge in [0.25, 0.3) is 5.91 Å². The van der Waals surface area contributed by atoms with Gasteiger partial charge >= 0.3 is 0 Å². The number of hydrogen-bond acceptors (Lipinski definition) is 4. The highest BCUT2D eigenvalue weighted by Crippen LogP contribution is 2.42. The van der Waals surface area contributed by atoms with Gasteiger partial charge in [0.2, 0.25) is 0 Å². The van der Waals surface area contributed by atoms with Crippen LogP contribution in [0, 0.1) is 11.8 Å². The predicted octanol–water partition coefficient (Wildman–Crippen LogP) is 6.33. The predicted molar refractivity (Wildman–Crippen MR) is 178 cm³/mol. The van der Waals surface area contributed by atoms with Crippen molar-refractivity contribution in [2.75, 3.05) is 13.7 Å². The molecule has 2 aliphatic carbocycles. The number of carbonyl (C=O) groups is 1. The standard InChI is InChI=1S/C37H38N6O2/c1-40-14-13-22-9-10-23(16-30(22)40)27-6-4-5-24-17-31(42(34(24)27)19-21-7-8-21)36-39-28-15-26(18-32(45-3)35(28)41(36)2)37(44)43-20-25-11-12-29(43)33(25)38/h4-6,9-10,13-18,21,25,29,33H,7-8,11-12,19-20,38H2,1-3H3. The van der Waals surface area contributed by atoms with Crippen molar-refractivity contribution in [3.8, 4) is 28.4 Å². The fourth-order valence-electron chi connectivity index (χ4n) is 8.19. The van der Waals surface area contributed by atoms with Gasteiger partial charge in [0.05, 0.1) is 23.8 Å². The molecule has 45 heavy (non-hydrogen) atoms. The second-order valence-electron chi connectivity index (χ2n) is 13.5. The average molecular weight is 599 g/mol. The number of nitrogens with zero attached hydrogens (tertiary/aromatic N) is 5. The molecule has 3 unspecified atom stereocenters. The number of aryl methyl sites for hydroxylation is 2. The van der Waals surface area contributed by atoms with Gasteiger partial charge in [-0.15, -0.1) is 0 Å². The van der Waals surface area contributed by atoms with Crippen LogP contribution in [0.25, 0.3) is 55.5 Å². The van der Waals surface area contributed by atoms with E-state index in [1.54, 1.807) is 7.11 Å². The molecule has 9 rings (SSSR count). The normalized spacial score (nSPS) is 21.2. The molecule has 8 nitrogen and oxygen atoms in total. The number of rotatable bonds is 6. The highest BCUT2D eigenvalue weighted by atomic mass is 16.5. The maximum absolute atomic E-state index is 13.8. The smallest absolute Gasteiger partial charge is 0.254 e. The van der Waals surface area contributed by atoms with Crippen molar-refractivity contribution in [1.82, 2.24) is 23.6 Å². The molecule has 3 aromatic heterocycles. The molecule has 2 N–H and O–H groups in total. The van der Waals surface area contributed by atoms with E-state index < -0.39 is 0 Å². The van der Waals surface area contributed by atoms with E-state index in [2.05, 4.69) is 82.5 Å². The van der Waals surface area contributed by atoms with Gasteiger partial charge in [-0.25, -0.2) is 4.98 Å². The van der Waals surface area contributed by atoms with E-state index in [9.17, 15) is 4.79 Å². The second-order valence-corrected chi connectivity index (χ2v) is 13.5. The monoisotopic (exact) mass is 598 g/mol. The zero-order valence-corrected chi connectivity index (χ0v) is 26.0. The van der Waals surface area contributed by atoms with Crippen LogP contribution in [0.4, 0.5) is 0 Å². The number of ether oxygens (including phenoxy) is 1. The summed E-state index contributed by atoms with van der Waals surface area (Å²) in [6, 6.07) is 21.8. The third-order valence-corrected chi connectivity index (χ3v) is 10.8. The van der Waals surface area contributed by atoms with Gasteiger partial charge in [-0.05, 0) is 78.8 Å². The molecule has 3 aromatic carbocycles. The van der Waals surface area contributed by atoms with Crippen molar-refractivity contribution in [2.24, 2.45) is 31.7 Å². The van der Waals surface area contributed by atoms with E-state index in [0.29, 0.717) is 23.1 Å². The van der Waals surface area contributed by atoms with Gasteiger partial charge in [-0.3, -0.25) is 4.79 Å². The van der Waals surface area contributed by atoms with Crippen LogP contribution in [0.15, 0.2) is 66.9 Å². The molecule has 228 valence electrons. The Morgan fingerprint density at radius 1 is 0.978 bits per heavy atom. The second kappa shape index (κ2) is 9.72. The van der Waals surface area contributed by atoms with Crippen LogP contribution in [0.1, 0.15) is 36.0 Å². The van der Waals surface area contributed by atoms with E-state index in [0.717, 1.165) is 48.5 Å². The first-order valence-corrected chi connectivity index (χ1v) is 16.2. The molecule has 1 amide bonds. The molecule has 3 fully saturated rings. The van der Waals surface area contributed by atoms with Crippen molar-refractivity contribution >= 4 is 38.7 Å². The van der Waals surface area contributed by atoms with Gasteiger partial charge in [0, 0.05) is 67.5 Å². The lowest BCUT2D eigenvalue weighted by Crippen LogP contribution is -2.41. The molecule has 3 atom stereocenters. The number of carbonyl (C=O) groups excluding carboxylic acids is 1. The Morgan fingerprint density at radius 2 is 1.84 bits per heavy atom. The minimum atomic E-state index is 0.0210. The summed E-state index contributed by atoms with van der Waals surface area (Å²) >= 11 is 0. The third kappa shape index (κ3) is 4.01. The van der Waals surface area contributed by atoms with Crippen molar-refractivity contribution in [3.05, 3.63) is 72.4 Å². The Kier molecular flexibility index (Phi) is 5.79. The van der Waals surface area contributed by atoms with Crippen LogP contribution >= 0.6 is 0 Å². The highest BCUT2D eigenvalue weighted by molar-refractivity contribution is 6.02. The largest absolute Gasteiger partial charge is 0.494 e. The number of likely N-dealkylation sites (tertiary alicyclic amines) is 1. The molecule has 1 aliphatic heterocycles. The van der Waals surface area contributed by atoms with Gasteiger partial charge in [0.15, 0.2) is 5.82 Å². The van der Waals surface area contributed by atoms with Crippen LogP contribution in [-0.2, 0) is 20.6 Å². The summed E-state index contributed by atoms with van der Waals surface area (Å²) in [6.45, 7) is 1.68. The molecule has 8 heteroatoms. The van der Waals surface area contributed by atoms with Crippen molar-refractivity contribution < 1.29 is 9.53 Å². The number of imidazole rings is 1. The topological polar surface area (TPSA) is 83.2 Å². The quantitative estimate of drug-likeness (QED) is 0.243. The third-order valence-electron chi connectivity index (χ3n) is 10.8. The number of benzene rings is 3. The van der Waals surface area contributed by atoms with Crippen molar-refractivity contribution in [2.45, 2.75) is 44.3 Å². The van der Waals surface area contributed by atoms with E-state index >= 15 is 0 Å². The number of amides is 1. The SMILES string of the molecule is COc1cc(C(=O)N2CC3CCC2C3N)cc2nc(-c3cc4cccc(-c5ccc6ccn(C)c6c5)c4n3CC3CC3)n(C)c12. The first kappa shape index (κ1) is 26.8. The number of piperidine rings is 1. The average Bonchev–Trinajstić information content (AvgIpc) is 3.27.